The molecule has 1 aromatic carbocycles. The maximum absolute atomic E-state index is 9.59. The van der Waals surface area contributed by atoms with Crippen molar-refractivity contribution in [3.63, 3.8) is 0 Å². The summed E-state index contributed by atoms with van der Waals surface area (Å²) in [6, 6.07) is 6.32. The molecule has 21 heavy (non-hydrogen) atoms. The molecule has 0 aromatic heterocycles. The van der Waals surface area contributed by atoms with Gasteiger partial charge in [-0.2, -0.15) is 0 Å². The number of ether oxygens (including phenoxy) is 1. The lowest BCUT2D eigenvalue weighted by molar-refractivity contribution is 0.0991. The van der Waals surface area contributed by atoms with E-state index in [0.717, 1.165) is 31.3 Å². The van der Waals surface area contributed by atoms with Gasteiger partial charge in [0.05, 0.1) is 6.04 Å². The number of benzene rings is 1. The average Bonchev–Trinajstić information content (AvgIpc) is 2.88. The first-order valence-electron chi connectivity index (χ1n) is 8.07. The van der Waals surface area contributed by atoms with Gasteiger partial charge in [-0.15, -0.1) is 0 Å². The van der Waals surface area contributed by atoms with Crippen molar-refractivity contribution in [1.29, 1.82) is 0 Å². The van der Waals surface area contributed by atoms with Gasteiger partial charge in [-0.05, 0) is 57.8 Å². The van der Waals surface area contributed by atoms with Crippen LogP contribution < -0.4 is 10.1 Å². The van der Waals surface area contributed by atoms with Gasteiger partial charge in [-0.1, -0.05) is 0 Å². The van der Waals surface area contributed by atoms with Crippen LogP contribution in [0.4, 0.5) is 0 Å². The first-order chi connectivity index (χ1) is 10.1. The summed E-state index contributed by atoms with van der Waals surface area (Å²) in [6.45, 7) is 8.64. The van der Waals surface area contributed by atoms with Crippen molar-refractivity contribution < 1.29 is 9.84 Å². The molecule has 0 aliphatic carbocycles. The van der Waals surface area contributed by atoms with Crippen LogP contribution in [-0.2, 0) is 0 Å². The van der Waals surface area contributed by atoms with E-state index in [1.54, 1.807) is 12.1 Å². The summed E-state index contributed by atoms with van der Waals surface area (Å²) < 4.78 is 5.80. The number of phenols is 1. The molecule has 4 heteroatoms. The summed E-state index contributed by atoms with van der Waals surface area (Å²) in [5.74, 6) is 1.90. The van der Waals surface area contributed by atoms with Crippen LogP contribution in [0.5, 0.6) is 11.5 Å². The van der Waals surface area contributed by atoms with Crippen LogP contribution in [0, 0.1) is 5.92 Å². The van der Waals surface area contributed by atoms with Crippen LogP contribution in [0.2, 0.25) is 0 Å². The van der Waals surface area contributed by atoms with Crippen molar-refractivity contribution in [2.75, 3.05) is 26.2 Å². The van der Waals surface area contributed by atoms with Gasteiger partial charge in [0.25, 0.3) is 0 Å². The van der Waals surface area contributed by atoms with Gasteiger partial charge in [0.15, 0.2) is 0 Å². The van der Waals surface area contributed by atoms with E-state index in [-0.39, 0.29) is 5.75 Å². The summed E-state index contributed by atoms with van der Waals surface area (Å²) >= 11 is 0. The Labute approximate surface area is 127 Å². The van der Waals surface area contributed by atoms with Gasteiger partial charge in [0.1, 0.15) is 18.1 Å². The third kappa shape index (κ3) is 3.16. The van der Waals surface area contributed by atoms with Crippen LogP contribution in [0.25, 0.3) is 0 Å². The van der Waals surface area contributed by atoms with E-state index in [9.17, 15) is 5.11 Å². The van der Waals surface area contributed by atoms with Gasteiger partial charge in [-0.25, -0.2) is 0 Å². The lowest BCUT2D eigenvalue weighted by Crippen LogP contribution is -2.42. The molecule has 0 bridgehead atoms. The first kappa shape index (κ1) is 14.7. The molecular formula is C17H26N2O2. The zero-order chi connectivity index (χ0) is 14.8. The van der Waals surface area contributed by atoms with Crippen LogP contribution >= 0.6 is 0 Å². The molecule has 1 fully saturated rings. The van der Waals surface area contributed by atoms with Crippen LogP contribution in [0.15, 0.2) is 18.2 Å². The summed E-state index contributed by atoms with van der Waals surface area (Å²) in [5.41, 5.74) is 1.22. The molecule has 1 aromatic rings. The fraction of sp³-hybridized carbons (Fsp3) is 0.647. The largest absolute Gasteiger partial charge is 0.508 e. The van der Waals surface area contributed by atoms with E-state index in [1.807, 2.05) is 6.07 Å². The van der Waals surface area contributed by atoms with Crippen LogP contribution in [0.1, 0.15) is 38.3 Å². The maximum atomic E-state index is 9.59. The molecule has 1 atom stereocenters. The minimum absolute atomic E-state index is 0.281. The molecule has 0 saturated carbocycles. The Morgan fingerprint density at radius 1 is 1.33 bits per heavy atom. The number of nitrogens with zero attached hydrogens (tertiary/aromatic N) is 1. The monoisotopic (exact) mass is 290 g/mol. The molecule has 3 rings (SSSR count). The minimum Gasteiger partial charge on any atom is -0.508 e. The standard InChI is InChI=1S/C17H26N2O2/c1-12(2)19(10-13-5-7-18-8-6-13)16-11-21-17-9-14(20)3-4-15(16)17/h3-4,9,12-13,16,18,20H,5-8,10-11H2,1-2H3. The van der Waals surface area contributed by atoms with Crippen LogP contribution in [0.3, 0.4) is 0 Å². The van der Waals surface area contributed by atoms with Gasteiger partial charge in [0, 0.05) is 24.2 Å². The van der Waals surface area contributed by atoms with E-state index >= 15 is 0 Å². The summed E-state index contributed by atoms with van der Waals surface area (Å²) in [4.78, 5) is 2.57. The molecule has 2 heterocycles. The lowest BCUT2D eigenvalue weighted by atomic mass is 9.95. The van der Waals surface area contributed by atoms with Crippen LogP contribution in [-0.4, -0.2) is 42.3 Å². The lowest BCUT2D eigenvalue weighted by Gasteiger charge is -2.36. The molecule has 116 valence electrons. The normalized spacial score (nSPS) is 22.6. The Balaban J connectivity index is 1.76. The smallest absolute Gasteiger partial charge is 0.127 e. The van der Waals surface area contributed by atoms with Crippen molar-refractivity contribution in [1.82, 2.24) is 10.2 Å². The highest BCUT2D eigenvalue weighted by Gasteiger charge is 2.32. The van der Waals surface area contributed by atoms with Gasteiger partial charge in [-0.3, -0.25) is 4.90 Å². The quantitative estimate of drug-likeness (QED) is 0.894. The minimum atomic E-state index is 0.281. The number of fused-ring (bicyclic) bond motifs is 1. The Morgan fingerprint density at radius 3 is 2.81 bits per heavy atom. The fourth-order valence-electron chi connectivity index (χ4n) is 3.52. The summed E-state index contributed by atoms with van der Waals surface area (Å²) in [6.07, 6.45) is 2.53. The summed E-state index contributed by atoms with van der Waals surface area (Å²) in [5, 5.41) is 13.0. The number of piperidine rings is 1. The zero-order valence-corrected chi connectivity index (χ0v) is 13.0. The van der Waals surface area contributed by atoms with Crippen molar-refractivity contribution in [2.45, 2.75) is 38.8 Å². The van der Waals surface area contributed by atoms with Crippen molar-refractivity contribution in [2.24, 2.45) is 5.92 Å². The molecule has 0 spiro atoms. The van der Waals surface area contributed by atoms with E-state index in [4.69, 9.17) is 4.74 Å². The second kappa shape index (κ2) is 6.24. The van der Waals surface area contributed by atoms with Crippen molar-refractivity contribution in [3.8, 4) is 11.5 Å². The van der Waals surface area contributed by atoms with E-state index in [1.165, 1.54) is 18.4 Å². The van der Waals surface area contributed by atoms with Gasteiger partial charge < -0.3 is 15.2 Å². The van der Waals surface area contributed by atoms with Gasteiger partial charge in [0.2, 0.25) is 0 Å². The molecule has 0 amide bonds. The highest BCUT2D eigenvalue weighted by Crippen LogP contribution is 2.39. The van der Waals surface area contributed by atoms with Gasteiger partial charge >= 0.3 is 0 Å². The highest BCUT2D eigenvalue weighted by molar-refractivity contribution is 5.44. The molecule has 2 aliphatic heterocycles. The molecule has 0 radical (unpaired) electrons. The maximum Gasteiger partial charge on any atom is 0.127 e. The fourth-order valence-corrected chi connectivity index (χ4v) is 3.52. The molecule has 4 nitrogen and oxygen atoms in total. The summed E-state index contributed by atoms with van der Waals surface area (Å²) in [7, 11) is 0. The predicted molar refractivity (Wildman–Crippen MR) is 83.8 cm³/mol. The number of aromatic hydroxyl groups is 1. The molecule has 1 unspecified atom stereocenters. The molecule has 2 N–H and O–H groups in total. The van der Waals surface area contributed by atoms with E-state index < -0.39 is 0 Å². The van der Waals surface area contributed by atoms with E-state index in [2.05, 4.69) is 24.1 Å². The second-order valence-corrected chi connectivity index (χ2v) is 6.53. The predicted octanol–water partition coefficient (Wildman–Crippen LogP) is 2.54. The zero-order valence-electron chi connectivity index (χ0n) is 13.0. The number of phenolic OH excluding ortho intramolecular Hbond substituents is 1. The van der Waals surface area contributed by atoms with E-state index in [0.29, 0.717) is 18.7 Å². The molecule has 1 saturated heterocycles. The third-order valence-electron chi connectivity index (χ3n) is 4.74. The topological polar surface area (TPSA) is 44.7 Å². The molecule has 2 aliphatic rings. The second-order valence-electron chi connectivity index (χ2n) is 6.53. The first-order valence-corrected chi connectivity index (χ1v) is 8.07. The molecular weight excluding hydrogens is 264 g/mol. The van der Waals surface area contributed by atoms with Crippen molar-refractivity contribution in [3.05, 3.63) is 23.8 Å². The Bertz CT molecular complexity index is 484. The SMILES string of the molecule is CC(C)N(CC1CCNCC1)C1COc2cc(O)ccc21. The third-order valence-corrected chi connectivity index (χ3v) is 4.74. The Morgan fingerprint density at radius 2 is 2.10 bits per heavy atom. The number of rotatable bonds is 4. The highest BCUT2D eigenvalue weighted by atomic mass is 16.5. The number of hydrogen-bond acceptors (Lipinski definition) is 4. The van der Waals surface area contributed by atoms with Crippen molar-refractivity contribution >= 4 is 0 Å². The Hall–Kier alpha value is -1.26. The Kier molecular flexibility index (Phi) is 4.36. The number of nitrogens with one attached hydrogen (secondary N) is 1. The average molecular weight is 290 g/mol. The number of hydrogen-bond donors (Lipinski definition) is 2.